The summed E-state index contributed by atoms with van der Waals surface area (Å²) < 4.78 is 24.8. The molecule has 2 aromatic carbocycles. The second-order valence-corrected chi connectivity index (χ2v) is 4.98. The zero-order valence-electron chi connectivity index (χ0n) is 10.4. The number of alkyl halides is 2. The lowest BCUT2D eigenvalue weighted by atomic mass is 9.98. The van der Waals surface area contributed by atoms with Crippen LogP contribution < -0.4 is 5.73 Å². The third kappa shape index (κ3) is 2.26. The maximum Gasteiger partial charge on any atom is 0.240 e. The van der Waals surface area contributed by atoms with E-state index in [1.54, 1.807) is 0 Å². The van der Waals surface area contributed by atoms with Crippen molar-refractivity contribution in [3.05, 3.63) is 59.2 Å². The summed E-state index contributed by atoms with van der Waals surface area (Å²) in [5.41, 5.74) is 11.5. The summed E-state index contributed by atoms with van der Waals surface area (Å²) >= 11 is 0. The van der Waals surface area contributed by atoms with Gasteiger partial charge in [0.25, 0.3) is 0 Å². The van der Waals surface area contributed by atoms with Gasteiger partial charge in [-0.25, -0.2) is 8.78 Å². The molecule has 2 aromatic rings. The number of hydrogen-bond acceptors (Lipinski definition) is 1. The Kier molecular flexibility index (Phi) is 3.07. The molecule has 0 amide bonds. The summed E-state index contributed by atoms with van der Waals surface area (Å²) in [5.74, 6) is 0. The molecule has 0 fully saturated rings. The fourth-order valence-corrected chi connectivity index (χ4v) is 2.72. The Labute approximate surface area is 111 Å². The summed E-state index contributed by atoms with van der Waals surface area (Å²) in [5, 5.41) is 0. The molecule has 0 saturated carbocycles. The van der Waals surface area contributed by atoms with Crippen molar-refractivity contribution >= 4 is 0 Å². The largest absolute Gasteiger partial charge is 0.324 e. The molecule has 1 aliphatic carbocycles. The van der Waals surface area contributed by atoms with Gasteiger partial charge >= 0.3 is 0 Å². The third-order valence-electron chi connectivity index (χ3n) is 3.68. The molecule has 0 radical (unpaired) electrons. The van der Waals surface area contributed by atoms with Crippen LogP contribution in [-0.4, -0.2) is 6.43 Å². The average molecular weight is 259 g/mol. The predicted molar refractivity (Wildman–Crippen MR) is 72.2 cm³/mol. The first-order chi connectivity index (χ1) is 9.15. The molecular formula is C16H15F2N. The second-order valence-electron chi connectivity index (χ2n) is 4.98. The number of benzene rings is 2. The molecule has 0 saturated heterocycles. The minimum atomic E-state index is -2.36. The van der Waals surface area contributed by atoms with E-state index in [0.29, 0.717) is 0 Å². The van der Waals surface area contributed by atoms with Gasteiger partial charge in [-0.3, -0.25) is 0 Å². The fraction of sp³-hybridized carbons (Fsp3) is 0.250. The summed E-state index contributed by atoms with van der Waals surface area (Å²) in [4.78, 5) is 0. The lowest BCUT2D eigenvalue weighted by Crippen LogP contribution is -2.14. The highest BCUT2D eigenvalue weighted by atomic mass is 19.3. The molecule has 1 atom stereocenters. The Morgan fingerprint density at radius 3 is 2.53 bits per heavy atom. The first-order valence-corrected chi connectivity index (χ1v) is 6.40. The van der Waals surface area contributed by atoms with Crippen molar-refractivity contribution in [3.63, 3.8) is 0 Å². The SMILES string of the molecule is N[C@H](CC(F)F)c1ccc2c(c1)Cc1ccccc1-2. The third-order valence-corrected chi connectivity index (χ3v) is 3.68. The van der Waals surface area contributed by atoms with Crippen LogP contribution in [0.2, 0.25) is 0 Å². The average Bonchev–Trinajstić information content (AvgIpc) is 2.75. The van der Waals surface area contributed by atoms with E-state index >= 15 is 0 Å². The van der Waals surface area contributed by atoms with Crippen molar-refractivity contribution < 1.29 is 8.78 Å². The summed E-state index contributed by atoms with van der Waals surface area (Å²) in [7, 11) is 0. The smallest absolute Gasteiger partial charge is 0.240 e. The van der Waals surface area contributed by atoms with Crippen molar-refractivity contribution in [1.82, 2.24) is 0 Å². The Balaban J connectivity index is 1.93. The molecule has 0 bridgehead atoms. The van der Waals surface area contributed by atoms with Gasteiger partial charge in [-0.05, 0) is 34.2 Å². The van der Waals surface area contributed by atoms with E-state index in [4.69, 9.17) is 5.73 Å². The molecule has 0 spiro atoms. The lowest BCUT2D eigenvalue weighted by Gasteiger charge is -2.13. The molecule has 98 valence electrons. The van der Waals surface area contributed by atoms with Crippen molar-refractivity contribution in [3.8, 4) is 11.1 Å². The predicted octanol–water partition coefficient (Wildman–Crippen LogP) is 3.91. The molecule has 3 rings (SSSR count). The van der Waals surface area contributed by atoms with Gasteiger partial charge in [0, 0.05) is 12.5 Å². The van der Waals surface area contributed by atoms with E-state index in [0.717, 1.165) is 12.0 Å². The van der Waals surface area contributed by atoms with Gasteiger partial charge in [-0.15, -0.1) is 0 Å². The minimum absolute atomic E-state index is 0.286. The first kappa shape index (κ1) is 12.3. The van der Waals surface area contributed by atoms with Crippen molar-refractivity contribution in [2.24, 2.45) is 5.73 Å². The van der Waals surface area contributed by atoms with Gasteiger partial charge in [0.15, 0.2) is 0 Å². The zero-order chi connectivity index (χ0) is 13.4. The van der Waals surface area contributed by atoms with Crippen LogP contribution in [0.4, 0.5) is 8.78 Å². The summed E-state index contributed by atoms with van der Waals surface area (Å²) in [6.45, 7) is 0. The second kappa shape index (κ2) is 4.74. The van der Waals surface area contributed by atoms with Crippen LogP contribution in [-0.2, 0) is 6.42 Å². The number of nitrogens with two attached hydrogens (primary N) is 1. The van der Waals surface area contributed by atoms with E-state index < -0.39 is 12.5 Å². The van der Waals surface area contributed by atoms with Crippen LogP contribution in [0.15, 0.2) is 42.5 Å². The zero-order valence-corrected chi connectivity index (χ0v) is 10.4. The van der Waals surface area contributed by atoms with Crippen LogP contribution in [0.25, 0.3) is 11.1 Å². The van der Waals surface area contributed by atoms with Crippen molar-refractivity contribution in [2.45, 2.75) is 25.3 Å². The number of fused-ring (bicyclic) bond motifs is 3. The van der Waals surface area contributed by atoms with Gasteiger partial charge in [-0.1, -0.05) is 42.5 Å². The Hall–Kier alpha value is -1.74. The van der Waals surface area contributed by atoms with Gasteiger partial charge < -0.3 is 5.73 Å². The van der Waals surface area contributed by atoms with Crippen LogP contribution in [0.1, 0.15) is 29.2 Å². The quantitative estimate of drug-likeness (QED) is 0.758. The standard InChI is InChI=1S/C16H15F2N/c17-16(18)9-15(19)11-5-6-14-12(8-11)7-10-3-1-2-4-13(10)14/h1-6,8,15-16H,7,9,19H2/t15-/m1/s1. The van der Waals surface area contributed by atoms with E-state index in [1.165, 1.54) is 22.3 Å². The highest BCUT2D eigenvalue weighted by Crippen LogP contribution is 2.37. The fourth-order valence-electron chi connectivity index (χ4n) is 2.72. The van der Waals surface area contributed by atoms with Crippen LogP contribution >= 0.6 is 0 Å². The molecule has 2 N–H and O–H groups in total. The number of halogens is 2. The number of rotatable bonds is 3. The maximum absolute atomic E-state index is 12.4. The van der Waals surface area contributed by atoms with Crippen LogP contribution in [0, 0.1) is 0 Å². The van der Waals surface area contributed by atoms with Crippen molar-refractivity contribution in [2.75, 3.05) is 0 Å². The van der Waals surface area contributed by atoms with E-state index in [9.17, 15) is 8.78 Å². The monoisotopic (exact) mass is 259 g/mol. The van der Waals surface area contributed by atoms with E-state index in [1.807, 2.05) is 30.3 Å². The van der Waals surface area contributed by atoms with E-state index in [-0.39, 0.29) is 6.42 Å². The highest BCUT2D eigenvalue weighted by molar-refractivity contribution is 5.76. The molecule has 0 aromatic heterocycles. The van der Waals surface area contributed by atoms with Crippen molar-refractivity contribution in [1.29, 1.82) is 0 Å². The molecular weight excluding hydrogens is 244 g/mol. The lowest BCUT2D eigenvalue weighted by molar-refractivity contribution is 0.128. The summed E-state index contributed by atoms with van der Waals surface area (Å²) in [6, 6.07) is 13.5. The topological polar surface area (TPSA) is 26.0 Å². The van der Waals surface area contributed by atoms with Gasteiger partial charge in [0.1, 0.15) is 0 Å². The number of hydrogen-bond donors (Lipinski definition) is 1. The van der Waals surface area contributed by atoms with Gasteiger partial charge in [0.05, 0.1) is 0 Å². The molecule has 19 heavy (non-hydrogen) atoms. The maximum atomic E-state index is 12.4. The molecule has 1 nitrogen and oxygen atoms in total. The Bertz CT molecular complexity index is 607. The van der Waals surface area contributed by atoms with E-state index in [2.05, 4.69) is 12.1 Å². The van der Waals surface area contributed by atoms with Crippen LogP contribution in [0.3, 0.4) is 0 Å². The highest BCUT2D eigenvalue weighted by Gasteiger charge is 2.20. The Morgan fingerprint density at radius 1 is 1.00 bits per heavy atom. The molecule has 1 aliphatic rings. The Morgan fingerprint density at radius 2 is 1.74 bits per heavy atom. The first-order valence-electron chi connectivity index (χ1n) is 6.40. The summed E-state index contributed by atoms with van der Waals surface area (Å²) in [6.07, 6.45) is -1.78. The molecule has 0 aliphatic heterocycles. The van der Waals surface area contributed by atoms with Gasteiger partial charge in [0.2, 0.25) is 6.43 Å². The van der Waals surface area contributed by atoms with Crippen LogP contribution in [0.5, 0.6) is 0 Å². The minimum Gasteiger partial charge on any atom is -0.324 e. The van der Waals surface area contributed by atoms with Gasteiger partial charge in [-0.2, -0.15) is 0 Å². The molecule has 0 heterocycles. The molecule has 0 unspecified atom stereocenters. The normalized spacial score (nSPS) is 14.3. The molecule has 3 heteroatoms.